The number of nitrogens with zero attached hydrogens (tertiary/aromatic N) is 1. The van der Waals surface area contributed by atoms with Crippen LogP contribution < -0.4 is 15.8 Å². The van der Waals surface area contributed by atoms with Crippen molar-refractivity contribution in [1.29, 1.82) is 0 Å². The topological polar surface area (TPSA) is 74.4 Å². The lowest BCUT2D eigenvalue weighted by molar-refractivity contribution is -0.125. The van der Waals surface area contributed by atoms with Crippen molar-refractivity contribution < 1.29 is 9.53 Å². The van der Waals surface area contributed by atoms with Gasteiger partial charge in [0.1, 0.15) is 5.69 Å². The fourth-order valence-corrected chi connectivity index (χ4v) is 5.18. The monoisotopic (exact) mass is 465 g/mol. The second-order valence-electron chi connectivity index (χ2n) is 8.90. The number of anilines is 1. The molecule has 5 rings (SSSR count). The quantitative estimate of drug-likeness (QED) is 0.587. The van der Waals surface area contributed by atoms with Gasteiger partial charge in [0.05, 0.1) is 12.0 Å². The molecular weight excluding hydrogens is 438 g/mol. The summed E-state index contributed by atoms with van der Waals surface area (Å²) in [6.07, 6.45) is 3.82. The Morgan fingerprint density at radius 1 is 1.15 bits per heavy atom. The molecule has 33 heavy (non-hydrogen) atoms. The molecular formula is C26H28ClN3O3. The summed E-state index contributed by atoms with van der Waals surface area (Å²) >= 11 is 6.34. The zero-order valence-electron chi connectivity index (χ0n) is 18.5. The Kier molecular flexibility index (Phi) is 6.38. The van der Waals surface area contributed by atoms with Crippen LogP contribution in [0.15, 0.2) is 53.3 Å². The van der Waals surface area contributed by atoms with E-state index >= 15 is 0 Å². The number of benzene rings is 2. The Morgan fingerprint density at radius 2 is 2.00 bits per heavy atom. The maximum atomic E-state index is 13.3. The van der Waals surface area contributed by atoms with Gasteiger partial charge in [-0.1, -0.05) is 41.9 Å². The molecule has 0 aliphatic carbocycles. The number of rotatable bonds is 5. The number of carbonyl (C=O) groups excluding carboxylic acids is 1. The average molecular weight is 466 g/mol. The van der Waals surface area contributed by atoms with E-state index in [1.807, 2.05) is 42.5 Å². The highest BCUT2D eigenvalue weighted by Gasteiger charge is 2.30. The number of hydrogen-bond donors (Lipinski definition) is 2. The number of H-pyrrole nitrogens is 1. The number of aromatic amines is 1. The van der Waals surface area contributed by atoms with Gasteiger partial charge < -0.3 is 19.9 Å². The minimum Gasteiger partial charge on any atom is -0.376 e. The van der Waals surface area contributed by atoms with Gasteiger partial charge in [-0.3, -0.25) is 9.59 Å². The SMILES string of the molecule is O=C(NC[C@@H]1CCCO1)[C@@H]1CCCN(c2c(-c3ccccc3)c3cc(Cl)ccc3[nH]c2=O)C1. The molecule has 2 atom stereocenters. The summed E-state index contributed by atoms with van der Waals surface area (Å²) in [7, 11) is 0. The van der Waals surface area contributed by atoms with Crippen LogP contribution in [-0.2, 0) is 9.53 Å². The molecule has 6 nitrogen and oxygen atoms in total. The van der Waals surface area contributed by atoms with Gasteiger partial charge in [0.15, 0.2) is 0 Å². The van der Waals surface area contributed by atoms with Crippen molar-refractivity contribution in [2.24, 2.45) is 5.92 Å². The van der Waals surface area contributed by atoms with E-state index in [0.29, 0.717) is 23.8 Å². The summed E-state index contributed by atoms with van der Waals surface area (Å²) in [6, 6.07) is 15.4. The highest BCUT2D eigenvalue weighted by atomic mass is 35.5. The number of amides is 1. The molecule has 3 heterocycles. The molecule has 2 N–H and O–H groups in total. The predicted molar refractivity (Wildman–Crippen MR) is 132 cm³/mol. The Hall–Kier alpha value is -2.83. The number of aromatic nitrogens is 1. The smallest absolute Gasteiger partial charge is 0.272 e. The zero-order valence-corrected chi connectivity index (χ0v) is 19.2. The van der Waals surface area contributed by atoms with Crippen LogP contribution in [0.4, 0.5) is 5.69 Å². The minimum absolute atomic E-state index is 0.0386. The van der Waals surface area contributed by atoms with Crippen molar-refractivity contribution in [3.05, 3.63) is 63.9 Å². The number of piperidine rings is 1. The molecule has 7 heteroatoms. The van der Waals surface area contributed by atoms with E-state index in [1.165, 1.54) is 0 Å². The first-order valence-corrected chi connectivity index (χ1v) is 12.0. The summed E-state index contributed by atoms with van der Waals surface area (Å²) in [6.45, 7) is 2.56. The predicted octanol–water partition coefficient (Wildman–Crippen LogP) is 4.36. The van der Waals surface area contributed by atoms with Gasteiger partial charge in [-0.05, 0) is 49.4 Å². The minimum atomic E-state index is -0.168. The van der Waals surface area contributed by atoms with Crippen LogP contribution in [0.1, 0.15) is 25.7 Å². The summed E-state index contributed by atoms with van der Waals surface area (Å²) in [5, 5.41) is 4.58. The molecule has 0 radical (unpaired) electrons. The fourth-order valence-electron chi connectivity index (χ4n) is 5.01. The van der Waals surface area contributed by atoms with Gasteiger partial charge in [0.2, 0.25) is 5.91 Å². The largest absolute Gasteiger partial charge is 0.376 e. The molecule has 3 aromatic rings. The van der Waals surface area contributed by atoms with E-state index in [-0.39, 0.29) is 23.5 Å². The van der Waals surface area contributed by atoms with Crippen LogP contribution in [-0.4, -0.2) is 43.2 Å². The van der Waals surface area contributed by atoms with Crippen molar-refractivity contribution in [2.45, 2.75) is 31.8 Å². The highest BCUT2D eigenvalue weighted by molar-refractivity contribution is 6.31. The van der Waals surface area contributed by atoms with Gasteiger partial charge in [-0.2, -0.15) is 0 Å². The van der Waals surface area contributed by atoms with Crippen LogP contribution in [0.25, 0.3) is 22.0 Å². The summed E-state index contributed by atoms with van der Waals surface area (Å²) < 4.78 is 5.63. The third kappa shape index (κ3) is 4.63. The van der Waals surface area contributed by atoms with Gasteiger partial charge in [-0.25, -0.2) is 0 Å². The standard InChI is InChI=1S/C26H28ClN3O3/c27-19-10-11-22-21(14-19)23(17-6-2-1-3-7-17)24(26(32)29-22)30-12-4-8-18(16-30)25(31)28-15-20-9-5-13-33-20/h1-3,6-7,10-11,14,18,20H,4-5,8-9,12-13,15-16H2,(H,28,31)(H,29,32)/t18-,20+/m1/s1. The van der Waals surface area contributed by atoms with Gasteiger partial charge >= 0.3 is 0 Å². The van der Waals surface area contributed by atoms with Gasteiger partial charge in [-0.15, -0.1) is 0 Å². The molecule has 2 aliphatic heterocycles. The van der Waals surface area contributed by atoms with Crippen molar-refractivity contribution >= 4 is 34.1 Å². The van der Waals surface area contributed by atoms with E-state index in [0.717, 1.165) is 60.9 Å². The average Bonchev–Trinajstić information content (AvgIpc) is 3.36. The lowest BCUT2D eigenvalue weighted by Crippen LogP contribution is -2.46. The summed E-state index contributed by atoms with van der Waals surface area (Å²) in [5.74, 6) is -0.130. The van der Waals surface area contributed by atoms with E-state index in [2.05, 4.69) is 15.2 Å². The Labute approximate surface area is 197 Å². The van der Waals surface area contributed by atoms with Gasteiger partial charge in [0, 0.05) is 47.7 Å². The van der Waals surface area contributed by atoms with Crippen molar-refractivity contribution in [3.8, 4) is 11.1 Å². The molecule has 1 aromatic heterocycles. The first kappa shape index (κ1) is 22.0. The molecule has 1 amide bonds. The van der Waals surface area contributed by atoms with E-state index < -0.39 is 0 Å². The number of pyridine rings is 1. The number of hydrogen-bond acceptors (Lipinski definition) is 4. The Bertz CT molecular complexity index is 1200. The zero-order chi connectivity index (χ0) is 22.8. The molecule has 2 aliphatic rings. The lowest BCUT2D eigenvalue weighted by atomic mass is 9.94. The number of ether oxygens (including phenoxy) is 1. The molecule has 172 valence electrons. The Balaban J connectivity index is 1.49. The first-order chi connectivity index (χ1) is 16.1. The fraction of sp³-hybridized carbons (Fsp3) is 0.385. The third-order valence-corrected chi connectivity index (χ3v) is 6.88. The molecule has 2 aromatic carbocycles. The molecule has 2 saturated heterocycles. The number of halogens is 1. The number of fused-ring (bicyclic) bond motifs is 1. The normalized spacial score (nSPS) is 20.8. The molecule has 0 unspecified atom stereocenters. The third-order valence-electron chi connectivity index (χ3n) is 6.65. The van der Waals surface area contributed by atoms with Crippen LogP contribution >= 0.6 is 11.6 Å². The van der Waals surface area contributed by atoms with E-state index in [9.17, 15) is 9.59 Å². The number of carbonyl (C=O) groups is 1. The van der Waals surface area contributed by atoms with Crippen LogP contribution in [0.5, 0.6) is 0 Å². The molecule has 0 spiro atoms. The molecule has 2 fully saturated rings. The summed E-state index contributed by atoms with van der Waals surface area (Å²) in [5.41, 5.74) is 3.01. The van der Waals surface area contributed by atoms with Crippen molar-refractivity contribution in [1.82, 2.24) is 10.3 Å². The van der Waals surface area contributed by atoms with Crippen LogP contribution in [0.2, 0.25) is 5.02 Å². The van der Waals surface area contributed by atoms with E-state index in [4.69, 9.17) is 16.3 Å². The van der Waals surface area contributed by atoms with E-state index in [1.54, 1.807) is 6.07 Å². The highest BCUT2D eigenvalue weighted by Crippen LogP contribution is 2.37. The second kappa shape index (κ2) is 9.57. The van der Waals surface area contributed by atoms with Crippen molar-refractivity contribution in [3.63, 3.8) is 0 Å². The first-order valence-electron chi connectivity index (χ1n) is 11.7. The maximum absolute atomic E-state index is 13.3. The van der Waals surface area contributed by atoms with Crippen LogP contribution in [0.3, 0.4) is 0 Å². The molecule has 0 saturated carbocycles. The lowest BCUT2D eigenvalue weighted by Gasteiger charge is -2.34. The number of nitrogens with one attached hydrogen (secondary N) is 2. The van der Waals surface area contributed by atoms with Crippen LogP contribution in [0, 0.1) is 5.92 Å². The Morgan fingerprint density at radius 3 is 2.79 bits per heavy atom. The second-order valence-corrected chi connectivity index (χ2v) is 9.34. The summed E-state index contributed by atoms with van der Waals surface area (Å²) in [4.78, 5) is 31.4. The molecule has 0 bridgehead atoms. The van der Waals surface area contributed by atoms with Crippen molar-refractivity contribution in [2.75, 3.05) is 31.1 Å². The van der Waals surface area contributed by atoms with Gasteiger partial charge in [0.25, 0.3) is 5.56 Å². The maximum Gasteiger partial charge on any atom is 0.272 e.